The van der Waals surface area contributed by atoms with Crippen LogP contribution < -0.4 is 5.32 Å². The Morgan fingerprint density at radius 1 is 1.18 bits per heavy atom. The second kappa shape index (κ2) is 11.0. The average molecular weight is 532 g/mol. The van der Waals surface area contributed by atoms with Gasteiger partial charge in [0.2, 0.25) is 5.91 Å². The van der Waals surface area contributed by atoms with Gasteiger partial charge in [0, 0.05) is 22.1 Å². The predicted molar refractivity (Wildman–Crippen MR) is 138 cm³/mol. The summed E-state index contributed by atoms with van der Waals surface area (Å²) in [5.41, 5.74) is 3.45. The maximum atomic E-state index is 15.0. The number of ether oxygens (including phenoxy) is 1. The Kier molecular flexibility index (Phi) is 8.56. The first kappa shape index (κ1) is 26.4. The van der Waals surface area contributed by atoms with Crippen molar-refractivity contribution in [1.29, 1.82) is 0 Å². The summed E-state index contributed by atoms with van der Waals surface area (Å²) in [6.45, 7) is 9.40. The minimum Gasteiger partial charge on any atom is -0.460 e. The van der Waals surface area contributed by atoms with Crippen molar-refractivity contribution in [2.45, 2.75) is 84.7 Å². The molecule has 1 unspecified atom stereocenters. The van der Waals surface area contributed by atoms with Crippen molar-refractivity contribution in [1.82, 2.24) is 0 Å². The number of nitrogens with one attached hydrogen (secondary N) is 1. The lowest BCUT2D eigenvalue weighted by Crippen LogP contribution is -2.28. The van der Waals surface area contributed by atoms with E-state index in [0.717, 1.165) is 42.4 Å². The number of rotatable bonds is 7. The molecule has 4 nitrogen and oxygen atoms in total. The zero-order chi connectivity index (χ0) is 25.0. The van der Waals surface area contributed by atoms with Gasteiger partial charge in [0.25, 0.3) is 0 Å². The summed E-state index contributed by atoms with van der Waals surface area (Å²) < 4.78 is 21.1. The Morgan fingerprint density at radius 3 is 2.50 bits per heavy atom. The van der Waals surface area contributed by atoms with Crippen LogP contribution in [0, 0.1) is 25.6 Å². The van der Waals surface area contributed by atoms with Gasteiger partial charge in [-0.05, 0) is 88.6 Å². The van der Waals surface area contributed by atoms with Gasteiger partial charge < -0.3 is 10.1 Å². The summed E-state index contributed by atoms with van der Waals surface area (Å²) in [6, 6.07) is 8.96. The minimum absolute atomic E-state index is 0.116. The van der Waals surface area contributed by atoms with Crippen molar-refractivity contribution in [3.63, 3.8) is 0 Å². The molecular formula is C28H35BrFNO3. The number of halogens is 2. The molecule has 0 spiro atoms. The van der Waals surface area contributed by atoms with Crippen molar-refractivity contribution in [2.24, 2.45) is 5.92 Å². The van der Waals surface area contributed by atoms with Crippen molar-refractivity contribution in [2.75, 3.05) is 5.32 Å². The lowest BCUT2D eigenvalue weighted by Gasteiger charge is -2.25. The van der Waals surface area contributed by atoms with Crippen LogP contribution in [0.2, 0.25) is 0 Å². The second-order valence-corrected chi connectivity index (χ2v) is 11.2. The fourth-order valence-corrected chi connectivity index (χ4v) is 5.06. The highest BCUT2D eigenvalue weighted by atomic mass is 79.9. The molecule has 2 aromatic carbocycles. The molecule has 0 bridgehead atoms. The number of hydrogen-bond donors (Lipinski definition) is 1. The van der Waals surface area contributed by atoms with E-state index in [0.29, 0.717) is 22.1 Å². The third kappa shape index (κ3) is 6.68. The average Bonchev–Trinajstić information content (AvgIpc) is 3.25. The molecule has 1 aliphatic rings. The van der Waals surface area contributed by atoms with Crippen LogP contribution in [0.15, 0.2) is 34.8 Å². The molecule has 184 valence electrons. The highest BCUT2D eigenvalue weighted by molar-refractivity contribution is 9.10. The molecule has 2 aromatic rings. The molecule has 1 atom stereocenters. The molecule has 1 N–H and O–H groups in total. The molecule has 1 saturated carbocycles. The molecule has 34 heavy (non-hydrogen) atoms. The monoisotopic (exact) mass is 531 g/mol. The van der Waals surface area contributed by atoms with Crippen molar-refractivity contribution in [3.05, 3.63) is 62.9 Å². The zero-order valence-electron chi connectivity index (χ0n) is 20.8. The van der Waals surface area contributed by atoms with Gasteiger partial charge in [-0.1, -0.05) is 47.0 Å². The van der Waals surface area contributed by atoms with Gasteiger partial charge in [0.15, 0.2) is 0 Å². The van der Waals surface area contributed by atoms with E-state index in [1.807, 2.05) is 52.8 Å². The molecule has 1 fully saturated rings. The molecule has 0 saturated heterocycles. The Bertz CT molecular complexity index is 1050. The number of anilines is 1. The van der Waals surface area contributed by atoms with E-state index in [-0.39, 0.29) is 30.0 Å². The highest BCUT2D eigenvalue weighted by Crippen LogP contribution is 2.40. The Morgan fingerprint density at radius 2 is 1.85 bits per heavy atom. The topological polar surface area (TPSA) is 55.4 Å². The van der Waals surface area contributed by atoms with Crippen molar-refractivity contribution in [3.8, 4) is 0 Å². The first-order chi connectivity index (χ1) is 16.0. The third-order valence-electron chi connectivity index (χ3n) is 6.49. The van der Waals surface area contributed by atoms with Gasteiger partial charge in [-0.25, -0.2) is 4.39 Å². The zero-order valence-corrected chi connectivity index (χ0v) is 22.4. The van der Waals surface area contributed by atoms with Crippen molar-refractivity contribution < 1.29 is 18.7 Å². The number of amides is 1. The molecule has 1 aliphatic carbocycles. The quantitative estimate of drug-likeness (QED) is 0.379. The van der Waals surface area contributed by atoms with Crippen LogP contribution in [0.3, 0.4) is 0 Å². The molecule has 0 aliphatic heterocycles. The summed E-state index contributed by atoms with van der Waals surface area (Å²) in [7, 11) is 0. The van der Waals surface area contributed by atoms with Crippen molar-refractivity contribution >= 4 is 33.5 Å². The molecule has 0 radical (unpaired) electrons. The first-order valence-electron chi connectivity index (χ1n) is 12.0. The number of esters is 1. The van der Waals surface area contributed by atoms with E-state index in [1.54, 1.807) is 6.07 Å². The smallest absolute Gasteiger partial charge is 0.306 e. The van der Waals surface area contributed by atoms with E-state index in [9.17, 15) is 9.59 Å². The van der Waals surface area contributed by atoms with Crippen LogP contribution in [0.25, 0.3) is 0 Å². The van der Waals surface area contributed by atoms with E-state index in [1.165, 1.54) is 6.07 Å². The fourth-order valence-electron chi connectivity index (χ4n) is 4.75. The first-order valence-corrected chi connectivity index (χ1v) is 12.8. The van der Waals surface area contributed by atoms with E-state index in [2.05, 4.69) is 21.2 Å². The highest BCUT2D eigenvalue weighted by Gasteiger charge is 2.34. The molecule has 0 heterocycles. The lowest BCUT2D eigenvalue weighted by atomic mass is 9.83. The Labute approximate surface area is 210 Å². The van der Waals surface area contributed by atoms with Gasteiger partial charge in [0.1, 0.15) is 11.4 Å². The maximum Gasteiger partial charge on any atom is 0.306 e. The lowest BCUT2D eigenvalue weighted by molar-refractivity contribution is -0.154. The second-order valence-electron chi connectivity index (χ2n) is 10.3. The summed E-state index contributed by atoms with van der Waals surface area (Å²) in [5.74, 6) is -1.21. The number of hydrogen-bond acceptors (Lipinski definition) is 3. The summed E-state index contributed by atoms with van der Waals surface area (Å²) in [6.07, 6.45) is 4.75. The number of carbonyl (C=O) groups is 2. The maximum absolute atomic E-state index is 15.0. The van der Waals surface area contributed by atoms with Crippen LogP contribution in [0.5, 0.6) is 0 Å². The van der Waals surface area contributed by atoms with Gasteiger partial charge in [-0.2, -0.15) is 0 Å². The normalized spacial score (nSPS) is 15.3. The molecular weight excluding hydrogens is 497 g/mol. The molecule has 0 aromatic heterocycles. The minimum atomic E-state index is -0.542. The summed E-state index contributed by atoms with van der Waals surface area (Å²) >= 11 is 3.39. The standard InChI is InChI=1S/C28H35BrFNO3/c1-17-15-21(23(30)16-22(17)29)26(20-9-6-7-10-20)27(33)31-24-12-8-11-19(18(24)2)13-14-25(32)34-28(3,4)5/h8,11-12,15-16,20,26H,6-7,9-10,13-14H2,1-5H3,(H,31,33). The molecule has 1 amide bonds. The molecule has 6 heteroatoms. The van der Waals surface area contributed by atoms with E-state index in [4.69, 9.17) is 4.74 Å². The van der Waals surface area contributed by atoms with Crippen LogP contribution in [0.1, 0.15) is 81.0 Å². The third-order valence-corrected chi connectivity index (χ3v) is 7.34. The molecule has 3 rings (SSSR count). The number of carbonyl (C=O) groups excluding carboxylic acids is 2. The van der Waals surface area contributed by atoms with Gasteiger partial charge in [-0.3, -0.25) is 9.59 Å². The van der Waals surface area contributed by atoms with Gasteiger partial charge >= 0.3 is 5.97 Å². The van der Waals surface area contributed by atoms with Gasteiger partial charge in [0.05, 0.1) is 5.92 Å². The van der Waals surface area contributed by atoms with Gasteiger partial charge in [-0.15, -0.1) is 0 Å². The fraction of sp³-hybridized carbons (Fsp3) is 0.500. The van der Waals surface area contributed by atoms with Crippen LogP contribution >= 0.6 is 15.9 Å². The SMILES string of the molecule is Cc1cc(C(C(=O)Nc2cccc(CCC(=O)OC(C)(C)C)c2C)C2CCCC2)c(F)cc1Br. The number of benzene rings is 2. The summed E-state index contributed by atoms with van der Waals surface area (Å²) in [5, 5.41) is 3.08. The Hall–Kier alpha value is -2.21. The van der Waals surface area contributed by atoms with Crippen LogP contribution in [-0.4, -0.2) is 17.5 Å². The number of aryl methyl sites for hydroxylation is 2. The summed E-state index contributed by atoms with van der Waals surface area (Å²) in [4.78, 5) is 25.7. The predicted octanol–water partition coefficient (Wildman–Crippen LogP) is 7.39. The Balaban J connectivity index is 1.81. The van der Waals surface area contributed by atoms with E-state index >= 15 is 4.39 Å². The largest absolute Gasteiger partial charge is 0.460 e. The van der Waals surface area contributed by atoms with Crippen LogP contribution in [0.4, 0.5) is 10.1 Å². The van der Waals surface area contributed by atoms with E-state index < -0.39 is 11.5 Å². The van der Waals surface area contributed by atoms with Crippen LogP contribution in [-0.2, 0) is 20.7 Å².